The quantitative estimate of drug-likeness (QED) is 0.215. The molecule has 1 fully saturated rings. The Kier molecular flexibility index (Phi) is 12.0. The highest BCUT2D eigenvalue weighted by Gasteiger charge is 2.39. The summed E-state index contributed by atoms with van der Waals surface area (Å²) in [5.41, 5.74) is 0. The lowest BCUT2D eigenvalue weighted by molar-refractivity contribution is -0.153. The number of esters is 2. The minimum absolute atomic E-state index is 0.132. The normalized spacial score (nSPS) is 17.4. The second-order valence-corrected chi connectivity index (χ2v) is 8.87. The van der Waals surface area contributed by atoms with Crippen LogP contribution in [0.3, 0.4) is 0 Å². The lowest BCUT2D eigenvalue weighted by Gasteiger charge is -2.29. The lowest BCUT2D eigenvalue weighted by Crippen LogP contribution is -2.57. The van der Waals surface area contributed by atoms with Gasteiger partial charge in [0.25, 0.3) is 5.78 Å². The fourth-order valence-electron chi connectivity index (χ4n) is 3.66. The molecule has 0 radical (unpaired) electrons. The monoisotopic (exact) mass is 512 g/mol. The van der Waals surface area contributed by atoms with Gasteiger partial charge in [0, 0.05) is 13.0 Å². The minimum atomic E-state index is -1.11. The molecular formula is C23H36N4O9. The standard InChI is InChI=1S/C23H36N4O9/c1-12(2)18(19(30)23(34)36-6)26-21(32)15-8-7-11-27(15)22(33)14(4)25-20(31)13(3)24-16(28)9-10-17(29)35-5/h12-15,18H,7-11H2,1-6H3,(H,24,28)(H,25,31)(H,26,32)/t13-,14-,15?,18-/m0/s1. The van der Waals surface area contributed by atoms with Crippen LogP contribution in [-0.4, -0.2) is 91.2 Å². The molecule has 4 atom stereocenters. The Bertz CT molecular complexity index is 874. The third kappa shape index (κ3) is 8.61. The van der Waals surface area contributed by atoms with Crippen molar-refractivity contribution in [3.8, 4) is 0 Å². The number of likely N-dealkylation sites (tertiary alicyclic amines) is 1. The smallest absolute Gasteiger partial charge is 0.376 e. The summed E-state index contributed by atoms with van der Waals surface area (Å²) in [5.74, 6) is -5.15. The molecule has 0 spiro atoms. The molecule has 0 saturated carbocycles. The van der Waals surface area contributed by atoms with Crippen LogP contribution in [0.1, 0.15) is 53.4 Å². The number of carbonyl (C=O) groups excluding carboxylic acids is 7. The Morgan fingerprint density at radius 3 is 2.06 bits per heavy atom. The number of hydrogen-bond acceptors (Lipinski definition) is 9. The predicted octanol–water partition coefficient (Wildman–Crippen LogP) is -1.18. The summed E-state index contributed by atoms with van der Waals surface area (Å²) in [6.45, 7) is 6.48. The van der Waals surface area contributed by atoms with Crippen molar-refractivity contribution in [1.29, 1.82) is 0 Å². The number of ether oxygens (including phenoxy) is 2. The van der Waals surface area contributed by atoms with E-state index in [1.165, 1.54) is 25.9 Å². The van der Waals surface area contributed by atoms with Crippen molar-refractivity contribution in [1.82, 2.24) is 20.9 Å². The molecule has 0 bridgehead atoms. The van der Waals surface area contributed by atoms with E-state index >= 15 is 0 Å². The molecule has 1 aliphatic heterocycles. The Hall–Kier alpha value is -3.51. The summed E-state index contributed by atoms with van der Waals surface area (Å²) >= 11 is 0. The summed E-state index contributed by atoms with van der Waals surface area (Å²) in [6, 6.07) is -3.96. The van der Waals surface area contributed by atoms with Crippen LogP contribution >= 0.6 is 0 Å². The Balaban J connectivity index is 2.74. The first kappa shape index (κ1) is 30.5. The van der Waals surface area contributed by atoms with Gasteiger partial charge in [0.1, 0.15) is 24.2 Å². The zero-order valence-corrected chi connectivity index (χ0v) is 21.5. The highest BCUT2D eigenvalue weighted by Crippen LogP contribution is 2.19. The van der Waals surface area contributed by atoms with Crippen molar-refractivity contribution in [3.05, 3.63) is 0 Å². The number of hydrogen-bond donors (Lipinski definition) is 3. The number of rotatable bonds is 12. The van der Waals surface area contributed by atoms with Crippen LogP contribution < -0.4 is 16.0 Å². The number of nitrogens with zero attached hydrogens (tertiary/aromatic N) is 1. The lowest BCUT2D eigenvalue weighted by atomic mass is 9.99. The minimum Gasteiger partial charge on any atom is -0.469 e. The van der Waals surface area contributed by atoms with Crippen molar-refractivity contribution in [2.45, 2.75) is 77.5 Å². The Labute approximate surface area is 210 Å². The van der Waals surface area contributed by atoms with Crippen LogP contribution in [0.25, 0.3) is 0 Å². The molecular weight excluding hydrogens is 476 g/mol. The molecule has 0 aromatic carbocycles. The van der Waals surface area contributed by atoms with E-state index in [1.807, 2.05) is 0 Å². The topological polar surface area (TPSA) is 177 Å². The van der Waals surface area contributed by atoms with Gasteiger partial charge in [-0.2, -0.15) is 0 Å². The van der Waals surface area contributed by atoms with Crippen LogP contribution in [0.5, 0.6) is 0 Å². The Morgan fingerprint density at radius 1 is 0.861 bits per heavy atom. The second-order valence-electron chi connectivity index (χ2n) is 8.87. The van der Waals surface area contributed by atoms with Gasteiger partial charge in [0.2, 0.25) is 23.6 Å². The average molecular weight is 513 g/mol. The van der Waals surface area contributed by atoms with Gasteiger partial charge in [0.05, 0.1) is 20.6 Å². The molecule has 1 saturated heterocycles. The molecule has 1 rings (SSSR count). The molecule has 0 aromatic rings. The summed E-state index contributed by atoms with van der Waals surface area (Å²) in [7, 11) is 2.27. The van der Waals surface area contributed by atoms with Gasteiger partial charge in [-0.3, -0.25) is 28.8 Å². The number of Topliss-reactive ketones (excluding diaryl/α,β-unsaturated/α-hetero) is 1. The number of amides is 4. The number of ketones is 1. The molecule has 1 unspecified atom stereocenters. The van der Waals surface area contributed by atoms with E-state index in [4.69, 9.17) is 0 Å². The molecule has 4 amide bonds. The van der Waals surface area contributed by atoms with Crippen molar-refractivity contribution < 1.29 is 43.0 Å². The van der Waals surface area contributed by atoms with Gasteiger partial charge < -0.3 is 30.3 Å². The van der Waals surface area contributed by atoms with Gasteiger partial charge in [-0.1, -0.05) is 13.8 Å². The zero-order chi connectivity index (χ0) is 27.6. The summed E-state index contributed by atoms with van der Waals surface area (Å²) in [4.78, 5) is 86.7. The predicted molar refractivity (Wildman–Crippen MR) is 125 cm³/mol. The summed E-state index contributed by atoms with van der Waals surface area (Å²) < 4.78 is 8.92. The van der Waals surface area contributed by atoms with E-state index in [2.05, 4.69) is 25.4 Å². The third-order valence-electron chi connectivity index (χ3n) is 5.76. The first-order chi connectivity index (χ1) is 16.8. The molecule has 13 heteroatoms. The first-order valence-corrected chi connectivity index (χ1v) is 11.7. The second kappa shape index (κ2) is 14.1. The molecule has 0 aromatic heterocycles. The van der Waals surface area contributed by atoms with Gasteiger partial charge in [-0.15, -0.1) is 0 Å². The fourth-order valence-corrected chi connectivity index (χ4v) is 3.66. The molecule has 36 heavy (non-hydrogen) atoms. The molecule has 0 aliphatic carbocycles. The van der Waals surface area contributed by atoms with E-state index in [9.17, 15) is 33.6 Å². The van der Waals surface area contributed by atoms with Crippen LogP contribution in [0.15, 0.2) is 0 Å². The highest BCUT2D eigenvalue weighted by molar-refractivity contribution is 6.36. The molecule has 202 valence electrons. The van der Waals surface area contributed by atoms with Gasteiger partial charge in [-0.05, 0) is 32.6 Å². The van der Waals surface area contributed by atoms with E-state index in [-0.39, 0.29) is 19.4 Å². The number of methoxy groups -OCH3 is 2. The maximum absolute atomic E-state index is 13.0. The number of carbonyl (C=O) groups is 7. The van der Waals surface area contributed by atoms with Crippen LogP contribution in [-0.2, 0) is 43.0 Å². The SMILES string of the molecule is COC(=O)CCC(=O)N[C@@H](C)C(=O)N[C@@H](C)C(=O)N1CCCC1C(=O)N[C@H](C(=O)C(=O)OC)C(C)C. The van der Waals surface area contributed by atoms with Crippen LogP contribution in [0, 0.1) is 5.92 Å². The van der Waals surface area contributed by atoms with Gasteiger partial charge in [-0.25, -0.2) is 4.79 Å². The third-order valence-corrected chi connectivity index (χ3v) is 5.76. The zero-order valence-electron chi connectivity index (χ0n) is 21.5. The van der Waals surface area contributed by atoms with E-state index in [1.54, 1.807) is 13.8 Å². The molecule has 13 nitrogen and oxygen atoms in total. The van der Waals surface area contributed by atoms with Crippen LogP contribution in [0.4, 0.5) is 0 Å². The summed E-state index contributed by atoms with van der Waals surface area (Å²) in [6.07, 6.45) is 0.600. The maximum Gasteiger partial charge on any atom is 0.376 e. The van der Waals surface area contributed by atoms with Gasteiger partial charge in [0.15, 0.2) is 0 Å². The number of nitrogens with one attached hydrogen (secondary N) is 3. The van der Waals surface area contributed by atoms with Crippen molar-refractivity contribution >= 4 is 41.4 Å². The largest absolute Gasteiger partial charge is 0.469 e. The van der Waals surface area contributed by atoms with E-state index in [0.29, 0.717) is 12.8 Å². The van der Waals surface area contributed by atoms with Crippen LogP contribution in [0.2, 0.25) is 0 Å². The fraction of sp³-hybridized carbons (Fsp3) is 0.696. The van der Waals surface area contributed by atoms with Crippen molar-refractivity contribution in [3.63, 3.8) is 0 Å². The molecule has 1 aliphatic rings. The maximum atomic E-state index is 13.0. The summed E-state index contributed by atoms with van der Waals surface area (Å²) in [5, 5.41) is 7.50. The van der Waals surface area contributed by atoms with Gasteiger partial charge >= 0.3 is 11.9 Å². The van der Waals surface area contributed by atoms with Crippen molar-refractivity contribution in [2.75, 3.05) is 20.8 Å². The first-order valence-electron chi connectivity index (χ1n) is 11.7. The van der Waals surface area contributed by atoms with E-state index < -0.39 is 71.4 Å². The Morgan fingerprint density at radius 2 is 1.50 bits per heavy atom. The average Bonchev–Trinajstić information content (AvgIpc) is 3.33. The molecule has 1 heterocycles. The molecule has 3 N–H and O–H groups in total. The highest BCUT2D eigenvalue weighted by atomic mass is 16.5. The van der Waals surface area contributed by atoms with Crippen molar-refractivity contribution in [2.24, 2.45) is 5.92 Å². The van der Waals surface area contributed by atoms with E-state index in [0.717, 1.165) is 7.11 Å².